The van der Waals surface area contributed by atoms with Gasteiger partial charge in [-0.05, 0) is 112 Å². The van der Waals surface area contributed by atoms with Crippen molar-refractivity contribution in [2.45, 2.75) is 94.4 Å². The first-order valence-corrected chi connectivity index (χ1v) is 30.1. The van der Waals surface area contributed by atoms with E-state index in [0.29, 0.717) is 95.4 Å². The van der Waals surface area contributed by atoms with Crippen LogP contribution < -0.4 is 30.7 Å². The number of nitrogens with zero attached hydrogens (tertiary/aromatic N) is 8. The summed E-state index contributed by atoms with van der Waals surface area (Å²) in [6, 6.07) is 23.2. The molecular weight excluding hydrogens is 1060 g/mol. The first-order valence-electron chi connectivity index (χ1n) is 29.8. The predicted molar refractivity (Wildman–Crippen MR) is 315 cm³/mol. The number of aromatic amines is 1. The third kappa shape index (κ3) is 12.7. The number of piperidine rings is 2. The van der Waals surface area contributed by atoms with Gasteiger partial charge >= 0.3 is 0 Å². The number of aromatic nitrogens is 3. The summed E-state index contributed by atoms with van der Waals surface area (Å²) in [6.07, 6.45) is 10.3. The molecular formula is C62H81ClN12O7. The van der Waals surface area contributed by atoms with Crippen LogP contribution in [0.3, 0.4) is 0 Å². The Morgan fingerprint density at radius 2 is 1.60 bits per heavy atom. The number of hydrogen-bond acceptors (Lipinski definition) is 14. The zero-order chi connectivity index (χ0) is 56.8. The smallest absolute Gasteiger partial charge is 0.253 e. The number of H-pyrrole nitrogens is 1. The van der Waals surface area contributed by atoms with Crippen LogP contribution in [0.25, 0.3) is 11.0 Å². The Balaban J connectivity index is 0.607. The Bertz CT molecular complexity index is 3020. The monoisotopic (exact) mass is 1140 g/mol. The van der Waals surface area contributed by atoms with Crippen LogP contribution in [0.5, 0.6) is 11.5 Å². The minimum atomic E-state index is -1.02. The van der Waals surface area contributed by atoms with Crippen molar-refractivity contribution in [2.75, 3.05) is 123 Å². The van der Waals surface area contributed by atoms with E-state index >= 15 is 0 Å². The van der Waals surface area contributed by atoms with Gasteiger partial charge in [0.2, 0.25) is 17.7 Å². The number of anilines is 1. The molecule has 6 saturated heterocycles. The Hall–Kier alpha value is -6.35. The largest absolute Gasteiger partial charge is 0.497 e. The van der Waals surface area contributed by atoms with Crippen molar-refractivity contribution in [3.8, 4) is 11.5 Å². The number of ether oxygens (including phenoxy) is 3. The molecule has 12 rings (SSSR count). The fourth-order valence-electron chi connectivity index (χ4n) is 13.5. The standard InChI is InChI=1S/C62H81ClN12O7/c1-3-81-53-37-50(80-2)14-11-47(53)38-65-39-54(76)75-24-5-8-48(40-75)45-6-4-7-46(36-45)57(77)73-32-30-71(31-33-73)41-61-19-17-60(18-20-61,42-82-61)59(79)74-34-28-70(29-35-74)25-16-52(44-9-12-49(63)13-10-44)69-58(78)62(64)21-26-72(27-22-62)56-51-15-23-66-55(51)67-43-68-56/h4,6-7,9-15,23,36-37,43,48,52,65H,3,5,8,16-22,24-35,38-42,64H2,1-2H3,(H,69,78)(H,66,67,68)/t48?,52-,60?,61?/m0/s1. The highest BCUT2D eigenvalue weighted by Gasteiger charge is 2.55. The second kappa shape index (κ2) is 25.2. The first kappa shape index (κ1) is 57.5. The minimum absolute atomic E-state index is 0.0475. The van der Waals surface area contributed by atoms with Gasteiger partial charge in [-0.1, -0.05) is 41.9 Å². The highest BCUT2D eigenvalue weighted by Crippen LogP contribution is 2.50. The molecule has 1 saturated carbocycles. The molecule has 3 aromatic carbocycles. The van der Waals surface area contributed by atoms with Crippen LogP contribution in [-0.4, -0.2) is 193 Å². The lowest BCUT2D eigenvalue weighted by molar-refractivity contribution is -0.203. The number of fused-ring (bicyclic) bond motifs is 4. The van der Waals surface area contributed by atoms with Crippen molar-refractivity contribution in [1.29, 1.82) is 0 Å². The zero-order valence-electron chi connectivity index (χ0n) is 47.7. The summed E-state index contributed by atoms with van der Waals surface area (Å²) in [4.78, 5) is 81.0. The van der Waals surface area contributed by atoms with Crippen LogP contribution in [0.4, 0.5) is 5.82 Å². The number of piperazine rings is 2. The third-order valence-corrected chi connectivity index (χ3v) is 18.9. The molecule has 2 aromatic heterocycles. The SMILES string of the molecule is CCOc1cc(OC)ccc1CNCC(=O)N1CCCC(c2cccc(C(=O)N3CCN(CC45CCC(C(=O)N6CCN(CC[C@H](NC(=O)C7(N)CCN(c8ncnc9[nH]ccc89)CC7)c7ccc(Cl)cc7)CC6)(CC4)CO5)CC3)c2)C1. The number of nitrogens with one attached hydrogen (secondary N) is 3. The van der Waals surface area contributed by atoms with Crippen molar-refractivity contribution in [2.24, 2.45) is 11.1 Å². The van der Waals surface area contributed by atoms with Gasteiger partial charge in [-0.25, -0.2) is 9.97 Å². The number of nitrogens with two attached hydrogens (primary N) is 1. The van der Waals surface area contributed by atoms with Crippen molar-refractivity contribution in [3.63, 3.8) is 0 Å². The molecule has 8 heterocycles. The summed E-state index contributed by atoms with van der Waals surface area (Å²) in [5.41, 5.74) is 9.65. The minimum Gasteiger partial charge on any atom is -0.497 e. The number of carbonyl (C=O) groups excluding carboxylic acids is 4. The van der Waals surface area contributed by atoms with Gasteiger partial charge in [0.05, 0.1) is 54.9 Å². The second-order valence-corrected chi connectivity index (χ2v) is 24.2. The average molecular weight is 1140 g/mol. The molecule has 20 heteroatoms. The number of rotatable bonds is 19. The molecule has 2 bridgehead atoms. The number of benzene rings is 3. The molecule has 0 radical (unpaired) electrons. The van der Waals surface area contributed by atoms with Gasteiger partial charge < -0.3 is 55.2 Å². The maximum absolute atomic E-state index is 14.4. The van der Waals surface area contributed by atoms with E-state index in [-0.39, 0.29) is 47.7 Å². The van der Waals surface area contributed by atoms with E-state index in [1.165, 1.54) is 0 Å². The lowest BCUT2D eigenvalue weighted by atomic mass is 9.65. The Labute approximate surface area is 486 Å². The molecule has 7 aliphatic rings. The molecule has 82 heavy (non-hydrogen) atoms. The van der Waals surface area contributed by atoms with Crippen LogP contribution in [-0.2, 0) is 25.7 Å². The van der Waals surface area contributed by atoms with Crippen molar-refractivity contribution in [1.82, 2.24) is 50.1 Å². The van der Waals surface area contributed by atoms with Crippen LogP contribution in [0, 0.1) is 5.41 Å². The Morgan fingerprint density at radius 3 is 2.33 bits per heavy atom. The van der Waals surface area contributed by atoms with E-state index in [2.05, 4.69) is 51.3 Å². The molecule has 5 N–H and O–H groups in total. The maximum atomic E-state index is 14.4. The molecule has 1 unspecified atom stereocenters. The summed E-state index contributed by atoms with van der Waals surface area (Å²) in [7, 11) is 1.63. The fraction of sp³-hybridized carbons (Fsp3) is 0.548. The molecule has 7 fully saturated rings. The number of methoxy groups -OCH3 is 1. The summed E-state index contributed by atoms with van der Waals surface area (Å²) < 4.78 is 17.9. The molecule has 6 aliphatic heterocycles. The highest BCUT2D eigenvalue weighted by molar-refractivity contribution is 6.30. The number of halogens is 1. The number of amides is 4. The van der Waals surface area contributed by atoms with Gasteiger partial charge in [-0.15, -0.1) is 0 Å². The lowest BCUT2D eigenvalue weighted by Crippen LogP contribution is -2.63. The second-order valence-electron chi connectivity index (χ2n) is 23.7. The molecule has 4 amide bonds. The molecule has 19 nitrogen and oxygen atoms in total. The quantitative estimate of drug-likeness (QED) is 0.0750. The van der Waals surface area contributed by atoms with Gasteiger partial charge in [0.15, 0.2) is 0 Å². The average Bonchev–Trinajstić information content (AvgIpc) is 3.69. The van der Waals surface area contributed by atoms with Crippen molar-refractivity contribution < 1.29 is 33.4 Å². The summed E-state index contributed by atoms with van der Waals surface area (Å²) in [5, 5.41) is 8.25. The number of carbonyl (C=O) groups is 4. The van der Waals surface area contributed by atoms with Crippen LogP contribution in [0.1, 0.15) is 104 Å². The molecule has 0 spiro atoms. The van der Waals surface area contributed by atoms with E-state index in [1.54, 1.807) is 13.4 Å². The van der Waals surface area contributed by atoms with Gasteiger partial charge in [-0.2, -0.15) is 0 Å². The third-order valence-electron chi connectivity index (χ3n) is 18.7. The topological polar surface area (TPSA) is 207 Å². The van der Waals surface area contributed by atoms with E-state index in [1.807, 2.05) is 89.7 Å². The van der Waals surface area contributed by atoms with Crippen LogP contribution in [0.2, 0.25) is 5.02 Å². The van der Waals surface area contributed by atoms with Gasteiger partial charge in [-0.3, -0.25) is 29.0 Å². The van der Waals surface area contributed by atoms with Crippen LogP contribution in [0.15, 0.2) is 85.3 Å². The van der Waals surface area contributed by atoms with E-state index in [0.717, 1.165) is 129 Å². The van der Waals surface area contributed by atoms with E-state index in [4.69, 9.17) is 31.5 Å². The maximum Gasteiger partial charge on any atom is 0.253 e. The summed E-state index contributed by atoms with van der Waals surface area (Å²) in [6.45, 7) is 13.4. The number of likely N-dealkylation sites (tertiary alicyclic amines) is 1. The molecule has 438 valence electrons. The number of hydrogen-bond donors (Lipinski definition) is 4. The fourth-order valence-corrected chi connectivity index (χ4v) is 13.6. The zero-order valence-corrected chi connectivity index (χ0v) is 48.5. The predicted octanol–water partition coefficient (Wildman–Crippen LogP) is 5.99. The van der Waals surface area contributed by atoms with Gasteiger partial charge in [0.1, 0.15) is 29.3 Å². The lowest BCUT2D eigenvalue weighted by Gasteiger charge is -2.55. The Kier molecular flexibility index (Phi) is 17.7. The molecule has 1 aliphatic carbocycles. The van der Waals surface area contributed by atoms with Crippen molar-refractivity contribution >= 4 is 52.1 Å². The van der Waals surface area contributed by atoms with Crippen molar-refractivity contribution in [3.05, 3.63) is 113 Å². The van der Waals surface area contributed by atoms with E-state index in [9.17, 15) is 19.2 Å². The summed E-state index contributed by atoms with van der Waals surface area (Å²) in [5.74, 6) is 2.67. The highest BCUT2D eigenvalue weighted by atomic mass is 35.5. The molecule has 5 aromatic rings. The normalized spacial score (nSPS) is 23.6. The molecule has 2 atom stereocenters. The van der Waals surface area contributed by atoms with Gasteiger partial charge in [0, 0.05) is 133 Å². The summed E-state index contributed by atoms with van der Waals surface area (Å²) >= 11 is 6.31. The Morgan fingerprint density at radius 1 is 0.841 bits per heavy atom. The van der Waals surface area contributed by atoms with Crippen LogP contribution >= 0.6 is 11.6 Å². The first-order chi connectivity index (χ1) is 39.8. The van der Waals surface area contributed by atoms with E-state index < -0.39 is 11.0 Å². The van der Waals surface area contributed by atoms with Gasteiger partial charge in [0.25, 0.3) is 5.91 Å².